The van der Waals surface area contributed by atoms with E-state index in [2.05, 4.69) is 0 Å². The number of aromatic hydroxyl groups is 2. The molecule has 1 unspecified atom stereocenters. The van der Waals surface area contributed by atoms with Gasteiger partial charge in [-0.2, -0.15) is 4.89 Å². The Hall–Kier alpha value is -1.96. The van der Waals surface area contributed by atoms with E-state index in [0.717, 1.165) is 35.0 Å². The van der Waals surface area contributed by atoms with Crippen LogP contribution in [0.4, 0.5) is 0 Å². The van der Waals surface area contributed by atoms with E-state index >= 15 is 0 Å². The van der Waals surface area contributed by atoms with Crippen molar-refractivity contribution in [3.8, 4) is 11.5 Å². The second-order valence-electron chi connectivity index (χ2n) is 14.7. The predicted octanol–water partition coefficient (Wildman–Crippen LogP) is 8.86. The lowest BCUT2D eigenvalue weighted by atomic mass is 9.47. The van der Waals surface area contributed by atoms with Crippen LogP contribution in [-0.2, 0) is 25.0 Å². The summed E-state index contributed by atoms with van der Waals surface area (Å²) in [7, 11) is 3.38. The van der Waals surface area contributed by atoms with Crippen molar-refractivity contribution in [3.05, 3.63) is 63.1 Å². The predicted molar refractivity (Wildman–Crippen MR) is 168 cm³/mol. The van der Waals surface area contributed by atoms with E-state index in [1.807, 2.05) is 18.2 Å². The number of phenols is 2. The molecule has 0 radical (unpaired) electrons. The number of halogens is 2. The van der Waals surface area contributed by atoms with Crippen LogP contribution in [0.3, 0.4) is 0 Å². The number of hydrogen-bond donors (Lipinski definition) is 2. The van der Waals surface area contributed by atoms with Crippen molar-refractivity contribution in [1.82, 2.24) is 0 Å². The molecule has 1 heterocycles. The van der Waals surface area contributed by atoms with Crippen LogP contribution in [0.1, 0.15) is 75.3 Å². The van der Waals surface area contributed by atoms with Gasteiger partial charge in [-0.3, -0.25) is 0 Å². The highest BCUT2D eigenvalue weighted by molar-refractivity contribution is 6.33. The SMILES string of the molecule is COC(=C1C2CC3CC(C2)CC1C3)c1cccc(O)c1Cl.COC1(c2cccc(O)c2Cl)OOC12C1CC3CC(C1)CC2C3. The molecule has 6 nitrogen and oxygen atoms in total. The molecule has 2 aromatic carbocycles. The largest absolute Gasteiger partial charge is 0.506 e. The van der Waals surface area contributed by atoms with Crippen LogP contribution in [0.5, 0.6) is 11.5 Å². The van der Waals surface area contributed by atoms with Crippen molar-refractivity contribution in [2.45, 2.75) is 75.6 Å². The fourth-order valence-electron chi connectivity index (χ4n) is 11.2. The van der Waals surface area contributed by atoms with Crippen LogP contribution in [0.15, 0.2) is 42.0 Å². The molecule has 1 saturated heterocycles. The Kier molecular flexibility index (Phi) is 7.23. The molecular weight excluding hydrogens is 599 g/mol. The van der Waals surface area contributed by atoms with Gasteiger partial charge in [0.1, 0.15) is 17.3 Å². The summed E-state index contributed by atoms with van der Waals surface area (Å²) in [6.07, 6.45) is 12.8. The third-order valence-electron chi connectivity index (χ3n) is 12.5. The second-order valence-corrected chi connectivity index (χ2v) is 15.4. The minimum absolute atomic E-state index is 0.0510. The fraction of sp³-hybridized carbons (Fsp3) is 0.611. The van der Waals surface area contributed by atoms with E-state index < -0.39 is 11.4 Å². The van der Waals surface area contributed by atoms with Gasteiger partial charge in [0.15, 0.2) is 5.60 Å². The smallest absolute Gasteiger partial charge is 0.262 e. The normalized spacial score (nSPS) is 40.5. The average molecular weight is 642 g/mol. The summed E-state index contributed by atoms with van der Waals surface area (Å²) in [6.45, 7) is 0. The van der Waals surface area contributed by atoms with E-state index in [0.29, 0.717) is 39.3 Å². The maximum absolute atomic E-state index is 10.0. The summed E-state index contributed by atoms with van der Waals surface area (Å²) < 4.78 is 11.7. The third-order valence-corrected chi connectivity index (χ3v) is 13.3. The average Bonchev–Trinajstić information content (AvgIpc) is 2.98. The molecule has 44 heavy (non-hydrogen) atoms. The van der Waals surface area contributed by atoms with Gasteiger partial charge in [0.25, 0.3) is 5.79 Å². The lowest BCUT2D eigenvalue weighted by Crippen LogP contribution is -2.76. The molecule has 9 fully saturated rings. The topological polar surface area (TPSA) is 77.4 Å². The molecule has 8 saturated carbocycles. The molecule has 1 aliphatic heterocycles. The van der Waals surface area contributed by atoms with Crippen LogP contribution in [0, 0.1) is 47.3 Å². The van der Waals surface area contributed by atoms with Crippen LogP contribution >= 0.6 is 23.2 Å². The number of rotatable bonds is 4. The van der Waals surface area contributed by atoms with Crippen LogP contribution in [0.25, 0.3) is 5.76 Å². The lowest BCUT2D eigenvalue weighted by Gasteiger charge is -2.68. The van der Waals surface area contributed by atoms with Gasteiger partial charge in [-0.25, -0.2) is 4.89 Å². The van der Waals surface area contributed by atoms with Gasteiger partial charge in [0.2, 0.25) is 0 Å². The minimum Gasteiger partial charge on any atom is -0.506 e. The molecule has 0 amide bonds. The van der Waals surface area contributed by atoms with Crippen LogP contribution in [0.2, 0.25) is 10.0 Å². The summed E-state index contributed by atoms with van der Waals surface area (Å²) in [5, 5.41) is 20.6. The summed E-state index contributed by atoms with van der Waals surface area (Å²) in [5.41, 5.74) is 2.53. The maximum Gasteiger partial charge on any atom is 0.262 e. The van der Waals surface area contributed by atoms with E-state index in [1.54, 1.807) is 32.4 Å². The van der Waals surface area contributed by atoms with Gasteiger partial charge in [-0.05, 0) is 135 Å². The highest BCUT2D eigenvalue weighted by Crippen LogP contribution is 2.70. The van der Waals surface area contributed by atoms with Gasteiger partial charge >= 0.3 is 0 Å². The number of benzene rings is 2. The van der Waals surface area contributed by atoms with Crippen molar-refractivity contribution in [1.29, 1.82) is 0 Å². The first-order chi connectivity index (χ1) is 21.3. The Morgan fingerprint density at radius 3 is 1.73 bits per heavy atom. The summed E-state index contributed by atoms with van der Waals surface area (Å²) in [4.78, 5) is 11.5. The first kappa shape index (κ1) is 29.4. The van der Waals surface area contributed by atoms with Gasteiger partial charge in [0, 0.05) is 18.2 Å². The number of methoxy groups -OCH3 is 2. The quantitative estimate of drug-likeness (QED) is 0.257. The van der Waals surface area contributed by atoms with E-state index in [-0.39, 0.29) is 11.5 Å². The highest BCUT2D eigenvalue weighted by Gasteiger charge is 2.77. The molecule has 1 atom stereocenters. The Labute approximate surface area is 269 Å². The Bertz CT molecular complexity index is 1420. The monoisotopic (exact) mass is 640 g/mol. The van der Waals surface area contributed by atoms with Crippen LogP contribution in [-0.4, -0.2) is 30.0 Å². The molecule has 8 aliphatic carbocycles. The molecule has 9 aliphatic rings. The van der Waals surface area contributed by atoms with Gasteiger partial charge in [-0.1, -0.05) is 41.4 Å². The van der Waals surface area contributed by atoms with Gasteiger partial charge in [-0.15, -0.1) is 0 Å². The Balaban J connectivity index is 0.000000132. The first-order valence-electron chi connectivity index (χ1n) is 16.4. The third kappa shape index (κ3) is 4.17. The number of phenolic OH excluding ortho intramolecular Hbond substituents is 2. The molecule has 2 N–H and O–H groups in total. The fourth-order valence-corrected chi connectivity index (χ4v) is 11.7. The van der Waals surface area contributed by atoms with E-state index in [1.165, 1.54) is 69.8 Å². The van der Waals surface area contributed by atoms with E-state index in [9.17, 15) is 10.2 Å². The van der Waals surface area contributed by atoms with Crippen molar-refractivity contribution in [3.63, 3.8) is 0 Å². The zero-order chi connectivity index (χ0) is 30.4. The summed E-state index contributed by atoms with van der Waals surface area (Å²) >= 11 is 12.7. The standard InChI is InChI=1S/C18H21ClO4.C18H21ClO2/c1-21-18(14-3-2-4-15(20)16(14)19)17(22-23-18)12-6-10-5-11(8-12)9-13(17)7-10;1-21-18(14-3-2-4-15(20)17(14)19)16-12-6-10-5-11(8-12)9-13(16)7-10/h2-4,10-13,20H,5-9H2,1H3;2-4,10-13,20H,5-9H2,1H3. The Morgan fingerprint density at radius 2 is 1.23 bits per heavy atom. The van der Waals surface area contributed by atoms with Crippen molar-refractivity contribution < 1.29 is 29.5 Å². The zero-order valence-electron chi connectivity index (χ0n) is 25.4. The van der Waals surface area contributed by atoms with Crippen molar-refractivity contribution >= 4 is 29.0 Å². The second kappa shape index (κ2) is 10.8. The number of allylic oxidation sites excluding steroid dienone is 1. The zero-order valence-corrected chi connectivity index (χ0v) is 26.9. The minimum atomic E-state index is -1.01. The highest BCUT2D eigenvalue weighted by atomic mass is 35.5. The number of ether oxygens (including phenoxy) is 2. The molecule has 8 heteroatoms. The van der Waals surface area contributed by atoms with Gasteiger partial charge < -0.3 is 19.7 Å². The molecular formula is C36H42Cl2O6. The van der Waals surface area contributed by atoms with Gasteiger partial charge in [0.05, 0.1) is 17.2 Å². The first-order valence-corrected chi connectivity index (χ1v) is 17.2. The molecule has 0 aromatic heterocycles. The Morgan fingerprint density at radius 1 is 0.705 bits per heavy atom. The molecule has 1 spiro atoms. The molecule has 11 rings (SSSR count). The molecule has 2 aromatic rings. The summed E-state index contributed by atoms with van der Waals surface area (Å²) in [6, 6.07) is 10.7. The molecule has 236 valence electrons. The lowest BCUT2D eigenvalue weighted by molar-refractivity contribution is -0.645. The maximum atomic E-state index is 10.0. The number of hydrogen-bond acceptors (Lipinski definition) is 6. The van der Waals surface area contributed by atoms with Crippen molar-refractivity contribution in [2.75, 3.05) is 14.2 Å². The van der Waals surface area contributed by atoms with Crippen molar-refractivity contribution in [2.24, 2.45) is 47.3 Å². The molecule has 8 bridgehead atoms. The van der Waals surface area contributed by atoms with Crippen LogP contribution < -0.4 is 0 Å². The summed E-state index contributed by atoms with van der Waals surface area (Å²) in [5.74, 6) is 5.78. The van der Waals surface area contributed by atoms with E-state index in [4.69, 9.17) is 42.5 Å².